The van der Waals surface area contributed by atoms with Crippen LogP contribution in [0.1, 0.15) is 57.4 Å². The van der Waals surface area contributed by atoms with Crippen molar-refractivity contribution >= 4 is 11.6 Å². The fourth-order valence-corrected chi connectivity index (χ4v) is 2.26. The van der Waals surface area contributed by atoms with Crippen molar-refractivity contribution in [3.63, 3.8) is 0 Å². The topological polar surface area (TPSA) is 63.0 Å². The maximum Gasteiger partial charge on any atom is 0.135 e. The van der Waals surface area contributed by atoms with Gasteiger partial charge in [-0.25, -0.2) is 9.97 Å². The molecule has 0 bridgehead atoms. The van der Waals surface area contributed by atoms with Gasteiger partial charge in [-0.2, -0.15) is 0 Å². The van der Waals surface area contributed by atoms with Gasteiger partial charge in [-0.05, 0) is 31.4 Å². The highest BCUT2D eigenvalue weighted by molar-refractivity contribution is 5.59. The van der Waals surface area contributed by atoms with E-state index < -0.39 is 0 Å². The Hall–Kier alpha value is -2.04. The van der Waals surface area contributed by atoms with Crippen LogP contribution in [0.3, 0.4) is 0 Å². The quantitative estimate of drug-likeness (QED) is 0.800. The predicted molar refractivity (Wildman–Crippen MR) is 85.6 cm³/mol. The van der Waals surface area contributed by atoms with Crippen molar-refractivity contribution < 1.29 is 4.42 Å². The second-order valence-corrected chi connectivity index (χ2v) is 5.45. The zero-order valence-corrected chi connectivity index (χ0v) is 13.2. The zero-order chi connectivity index (χ0) is 15.2. The molecule has 2 rings (SSSR count). The molecule has 2 aromatic rings. The van der Waals surface area contributed by atoms with Crippen molar-refractivity contribution in [2.75, 3.05) is 17.2 Å². The summed E-state index contributed by atoms with van der Waals surface area (Å²) in [5.41, 5.74) is 1.12. The number of furan rings is 1. The number of aromatic nitrogens is 2. The molecule has 0 fully saturated rings. The van der Waals surface area contributed by atoms with Crippen molar-refractivity contribution in [1.29, 1.82) is 0 Å². The fraction of sp³-hybridized carbons (Fsp3) is 0.500. The minimum absolute atomic E-state index is 0.0615. The Morgan fingerprint density at radius 3 is 2.57 bits per heavy atom. The molecule has 2 N–H and O–H groups in total. The molecule has 0 spiro atoms. The number of nitrogens with zero attached hydrogens (tertiary/aromatic N) is 2. The van der Waals surface area contributed by atoms with Crippen LogP contribution in [0, 0.1) is 0 Å². The van der Waals surface area contributed by atoms with Gasteiger partial charge in [0.05, 0.1) is 12.3 Å². The van der Waals surface area contributed by atoms with E-state index in [1.54, 1.807) is 12.6 Å². The summed E-state index contributed by atoms with van der Waals surface area (Å²) in [7, 11) is 0. The van der Waals surface area contributed by atoms with E-state index in [1.165, 1.54) is 0 Å². The molecule has 21 heavy (non-hydrogen) atoms. The highest BCUT2D eigenvalue weighted by Gasteiger charge is 2.17. The van der Waals surface area contributed by atoms with Gasteiger partial charge >= 0.3 is 0 Å². The lowest BCUT2D eigenvalue weighted by molar-refractivity contribution is 0.490. The van der Waals surface area contributed by atoms with E-state index in [0.29, 0.717) is 5.92 Å². The summed E-state index contributed by atoms with van der Waals surface area (Å²) >= 11 is 0. The first-order valence-electron chi connectivity index (χ1n) is 7.52. The maximum absolute atomic E-state index is 5.44. The molecule has 5 nitrogen and oxygen atoms in total. The van der Waals surface area contributed by atoms with Crippen LogP contribution in [-0.4, -0.2) is 16.5 Å². The molecule has 0 saturated carbocycles. The molecule has 0 aliphatic heterocycles. The van der Waals surface area contributed by atoms with Crippen LogP contribution in [0.15, 0.2) is 29.1 Å². The van der Waals surface area contributed by atoms with Crippen LogP contribution in [0.4, 0.5) is 11.6 Å². The molecule has 114 valence electrons. The van der Waals surface area contributed by atoms with Crippen molar-refractivity contribution in [2.45, 2.75) is 46.1 Å². The highest BCUT2D eigenvalue weighted by Crippen LogP contribution is 2.30. The van der Waals surface area contributed by atoms with Gasteiger partial charge in [0.1, 0.15) is 23.7 Å². The molecule has 0 aromatic carbocycles. The third-order valence-corrected chi connectivity index (χ3v) is 3.33. The van der Waals surface area contributed by atoms with Crippen molar-refractivity contribution in [1.82, 2.24) is 9.97 Å². The van der Waals surface area contributed by atoms with E-state index in [-0.39, 0.29) is 6.04 Å². The Morgan fingerprint density at radius 1 is 1.19 bits per heavy atom. The molecular formula is C16H24N4O. The van der Waals surface area contributed by atoms with Gasteiger partial charge in [-0.15, -0.1) is 0 Å². The van der Waals surface area contributed by atoms with E-state index in [9.17, 15) is 0 Å². The molecule has 5 heteroatoms. The molecule has 0 aliphatic carbocycles. The summed E-state index contributed by atoms with van der Waals surface area (Å²) in [6, 6.07) is 3.92. The smallest absolute Gasteiger partial charge is 0.135 e. The monoisotopic (exact) mass is 288 g/mol. The maximum atomic E-state index is 5.44. The van der Waals surface area contributed by atoms with Gasteiger partial charge in [0.2, 0.25) is 0 Å². The van der Waals surface area contributed by atoms with Gasteiger partial charge in [-0.1, -0.05) is 20.8 Å². The largest absolute Gasteiger partial charge is 0.467 e. The molecule has 2 aromatic heterocycles. The van der Waals surface area contributed by atoms with Gasteiger partial charge in [0.15, 0.2) is 0 Å². The molecule has 1 unspecified atom stereocenters. The van der Waals surface area contributed by atoms with Crippen LogP contribution in [0.5, 0.6) is 0 Å². The average Bonchev–Trinajstić information content (AvgIpc) is 2.99. The first-order chi connectivity index (χ1) is 10.1. The lowest BCUT2D eigenvalue weighted by Crippen LogP contribution is -2.14. The highest BCUT2D eigenvalue weighted by atomic mass is 16.3. The predicted octanol–water partition coefficient (Wildman–Crippen LogP) is 4.19. The molecule has 0 saturated heterocycles. The lowest BCUT2D eigenvalue weighted by Gasteiger charge is -2.20. The molecule has 1 atom stereocenters. The summed E-state index contributed by atoms with van der Waals surface area (Å²) in [5, 5.41) is 6.80. The Morgan fingerprint density at radius 2 is 1.95 bits per heavy atom. The van der Waals surface area contributed by atoms with Gasteiger partial charge in [-0.3, -0.25) is 0 Å². The third kappa shape index (κ3) is 3.74. The zero-order valence-electron chi connectivity index (χ0n) is 13.2. The second kappa shape index (κ2) is 7.11. The molecule has 0 radical (unpaired) electrons. The Kier molecular flexibility index (Phi) is 5.20. The van der Waals surface area contributed by atoms with Crippen LogP contribution in [-0.2, 0) is 0 Å². The van der Waals surface area contributed by atoms with Crippen LogP contribution >= 0.6 is 0 Å². The summed E-state index contributed by atoms with van der Waals surface area (Å²) in [4.78, 5) is 8.80. The van der Waals surface area contributed by atoms with E-state index in [2.05, 4.69) is 48.3 Å². The first kappa shape index (κ1) is 15.4. The van der Waals surface area contributed by atoms with E-state index in [0.717, 1.165) is 35.9 Å². The number of hydrogen-bond acceptors (Lipinski definition) is 5. The van der Waals surface area contributed by atoms with Crippen molar-refractivity contribution in [2.24, 2.45) is 0 Å². The summed E-state index contributed by atoms with van der Waals surface area (Å²) < 4.78 is 5.44. The fourth-order valence-electron chi connectivity index (χ4n) is 2.26. The minimum Gasteiger partial charge on any atom is -0.467 e. The van der Waals surface area contributed by atoms with Crippen LogP contribution < -0.4 is 10.6 Å². The summed E-state index contributed by atoms with van der Waals surface area (Å²) in [6.07, 6.45) is 4.35. The van der Waals surface area contributed by atoms with Gasteiger partial charge in [0.25, 0.3) is 0 Å². The molecule has 0 aliphatic rings. The summed E-state index contributed by atoms with van der Waals surface area (Å²) in [6.45, 7) is 9.41. The first-order valence-corrected chi connectivity index (χ1v) is 7.52. The Bertz CT molecular complexity index is 551. The average molecular weight is 288 g/mol. The van der Waals surface area contributed by atoms with E-state index in [1.807, 2.05) is 12.1 Å². The minimum atomic E-state index is 0.0615. The molecule has 2 heterocycles. The van der Waals surface area contributed by atoms with E-state index in [4.69, 9.17) is 4.42 Å². The Labute approximate surface area is 126 Å². The van der Waals surface area contributed by atoms with Crippen molar-refractivity contribution in [3.05, 3.63) is 36.0 Å². The van der Waals surface area contributed by atoms with Gasteiger partial charge in [0, 0.05) is 12.1 Å². The van der Waals surface area contributed by atoms with Crippen LogP contribution in [0.2, 0.25) is 0 Å². The van der Waals surface area contributed by atoms with Crippen LogP contribution in [0.25, 0.3) is 0 Å². The van der Waals surface area contributed by atoms with Crippen molar-refractivity contribution in [3.8, 4) is 0 Å². The number of nitrogens with one attached hydrogen (secondary N) is 2. The number of rotatable bonds is 7. The second-order valence-electron chi connectivity index (χ2n) is 5.45. The molecular weight excluding hydrogens is 264 g/mol. The third-order valence-electron chi connectivity index (χ3n) is 3.33. The van der Waals surface area contributed by atoms with Gasteiger partial charge < -0.3 is 15.1 Å². The van der Waals surface area contributed by atoms with E-state index >= 15 is 0 Å². The SMILES string of the molecule is CCCNc1ncnc(NC(C)c2ccco2)c1C(C)C. The standard InChI is InChI=1S/C16H24N4O/c1-5-8-17-15-14(11(2)3)16(19-10-18-15)20-12(4)13-7-6-9-21-13/h6-7,9-12H,5,8H2,1-4H3,(H2,17,18,19,20). The lowest BCUT2D eigenvalue weighted by atomic mass is 10.0. The summed E-state index contributed by atoms with van der Waals surface area (Å²) in [5.74, 6) is 3.00. The number of anilines is 2. The normalized spacial score (nSPS) is 12.4. The number of hydrogen-bond donors (Lipinski definition) is 2. The molecule has 0 amide bonds. The Balaban J connectivity index is 2.25.